The molecule has 228 valence electrons. The van der Waals surface area contributed by atoms with Crippen LogP contribution in [-0.4, -0.2) is 61.0 Å². The zero-order valence-electron chi connectivity index (χ0n) is 25.1. The number of hydrogen-bond acceptors (Lipinski definition) is 7. The Balaban J connectivity index is 1.30. The number of fused-ring (bicyclic) bond motifs is 1. The standard InChI is InChI=1S/C33H45N3O4S2/c1-4-5-6-8-24-21-25(11-14-31(24)40-23(2)3)33-34-22-32(41-33)29-10-7-9-28-27(29)12-13-30(28)35-42(38,39)20-19-36-17-15-26(37)16-18-36/h7,9-11,14,21-23,26,30,35,37H,4-6,8,12-13,15-20H2,1-3H3. The smallest absolute Gasteiger partial charge is 0.213 e. The summed E-state index contributed by atoms with van der Waals surface area (Å²) in [6.45, 7) is 8.34. The van der Waals surface area contributed by atoms with E-state index in [1.807, 2.05) is 12.3 Å². The Bertz CT molecular complexity index is 1450. The monoisotopic (exact) mass is 611 g/mol. The molecule has 0 bridgehead atoms. The molecule has 0 amide bonds. The van der Waals surface area contributed by atoms with Gasteiger partial charge in [0.05, 0.1) is 22.8 Å². The second kappa shape index (κ2) is 14.0. The lowest BCUT2D eigenvalue weighted by atomic mass is 10.0. The van der Waals surface area contributed by atoms with Gasteiger partial charge in [-0.25, -0.2) is 18.1 Å². The molecule has 0 spiro atoms. The predicted molar refractivity (Wildman–Crippen MR) is 172 cm³/mol. The SMILES string of the molecule is CCCCCc1cc(-c2ncc(-c3cccc4c3CCC4NS(=O)(=O)CCN3CCC(O)CC3)s2)ccc1OC(C)C. The van der Waals surface area contributed by atoms with Crippen LogP contribution in [0, 0.1) is 0 Å². The number of aromatic nitrogens is 1. The Morgan fingerprint density at radius 2 is 1.95 bits per heavy atom. The van der Waals surface area contributed by atoms with E-state index >= 15 is 0 Å². The van der Waals surface area contributed by atoms with Crippen molar-refractivity contribution in [2.75, 3.05) is 25.4 Å². The maximum atomic E-state index is 13.0. The number of hydrogen-bond donors (Lipinski definition) is 2. The summed E-state index contributed by atoms with van der Waals surface area (Å²) >= 11 is 1.69. The molecule has 9 heteroatoms. The molecule has 3 aromatic rings. The molecule has 1 atom stereocenters. The number of rotatable bonds is 13. The highest BCUT2D eigenvalue weighted by Crippen LogP contribution is 2.41. The van der Waals surface area contributed by atoms with Crippen LogP contribution in [0.1, 0.15) is 82.0 Å². The molecule has 0 radical (unpaired) electrons. The summed E-state index contributed by atoms with van der Waals surface area (Å²) in [5.74, 6) is 1.04. The molecular weight excluding hydrogens is 567 g/mol. The maximum absolute atomic E-state index is 13.0. The molecule has 1 unspecified atom stereocenters. The number of benzene rings is 2. The van der Waals surface area contributed by atoms with Crippen molar-refractivity contribution >= 4 is 21.4 Å². The van der Waals surface area contributed by atoms with Gasteiger partial charge >= 0.3 is 0 Å². The number of unbranched alkanes of at least 4 members (excludes halogenated alkanes) is 2. The lowest BCUT2D eigenvalue weighted by Gasteiger charge is -2.29. The topological polar surface area (TPSA) is 91.8 Å². The quantitative estimate of drug-likeness (QED) is 0.219. The van der Waals surface area contributed by atoms with Crippen LogP contribution >= 0.6 is 11.3 Å². The minimum Gasteiger partial charge on any atom is -0.491 e. The number of aliphatic hydroxyl groups is 1. The first-order chi connectivity index (χ1) is 20.2. The average Bonchev–Trinajstić information content (AvgIpc) is 3.61. The maximum Gasteiger partial charge on any atom is 0.213 e. The van der Waals surface area contributed by atoms with E-state index in [9.17, 15) is 13.5 Å². The van der Waals surface area contributed by atoms with Crippen LogP contribution in [-0.2, 0) is 22.9 Å². The molecule has 1 fully saturated rings. The van der Waals surface area contributed by atoms with Gasteiger partial charge in [0.15, 0.2) is 0 Å². The van der Waals surface area contributed by atoms with Crippen molar-refractivity contribution in [3.63, 3.8) is 0 Å². The van der Waals surface area contributed by atoms with Gasteiger partial charge in [0, 0.05) is 37.4 Å². The molecule has 0 saturated carbocycles. The first kappa shape index (κ1) is 31.1. The molecule has 5 rings (SSSR count). The van der Waals surface area contributed by atoms with Gasteiger partial charge in [0.25, 0.3) is 0 Å². The fraction of sp³-hybridized carbons (Fsp3) is 0.545. The van der Waals surface area contributed by atoms with Crippen molar-refractivity contribution in [2.45, 2.75) is 90.4 Å². The van der Waals surface area contributed by atoms with Crippen molar-refractivity contribution in [1.82, 2.24) is 14.6 Å². The van der Waals surface area contributed by atoms with Crippen LogP contribution in [0.2, 0.25) is 0 Å². The minimum absolute atomic E-state index is 0.0776. The Hall–Kier alpha value is -2.30. The van der Waals surface area contributed by atoms with Gasteiger partial charge in [0.1, 0.15) is 10.8 Å². The Morgan fingerprint density at radius 1 is 1.14 bits per heavy atom. The largest absolute Gasteiger partial charge is 0.491 e. The number of aryl methyl sites for hydroxylation is 1. The summed E-state index contributed by atoms with van der Waals surface area (Å²) in [6.07, 6.45) is 9.36. The highest BCUT2D eigenvalue weighted by atomic mass is 32.2. The van der Waals surface area contributed by atoms with Crippen LogP contribution in [0.3, 0.4) is 0 Å². The Kier molecular flexibility index (Phi) is 10.4. The van der Waals surface area contributed by atoms with Gasteiger partial charge in [-0.3, -0.25) is 0 Å². The number of ether oxygens (including phenoxy) is 1. The van der Waals surface area contributed by atoms with Crippen molar-refractivity contribution in [1.29, 1.82) is 0 Å². The van der Waals surface area contributed by atoms with E-state index in [0.717, 1.165) is 71.1 Å². The fourth-order valence-corrected chi connectivity index (χ4v) is 8.31. The number of likely N-dealkylation sites (tertiary alicyclic amines) is 1. The summed E-state index contributed by atoms with van der Waals surface area (Å²) in [7, 11) is -3.43. The molecule has 1 aromatic heterocycles. The number of thiazole rings is 1. The third kappa shape index (κ3) is 7.80. The molecule has 1 aliphatic carbocycles. The average molecular weight is 612 g/mol. The van der Waals surface area contributed by atoms with Crippen molar-refractivity contribution < 1.29 is 18.3 Å². The number of nitrogens with zero attached hydrogens (tertiary/aromatic N) is 2. The van der Waals surface area contributed by atoms with Crippen LogP contribution in [0.15, 0.2) is 42.6 Å². The summed E-state index contributed by atoms with van der Waals surface area (Å²) in [6, 6.07) is 12.4. The van der Waals surface area contributed by atoms with E-state index < -0.39 is 10.0 Å². The molecule has 2 heterocycles. The third-order valence-corrected chi connectivity index (χ3v) is 10.8. The van der Waals surface area contributed by atoms with Crippen LogP contribution in [0.25, 0.3) is 21.0 Å². The van der Waals surface area contributed by atoms with Gasteiger partial charge in [-0.15, -0.1) is 11.3 Å². The molecule has 42 heavy (non-hydrogen) atoms. The molecule has 2 aliphatic rings. The van der Waals surface area contributed by atoms with E-state index in [1.165, 1.54) is 24.0 Å². The molecule has 2 N–H and O–H groups in total. The molecule has 1 saturated heterocycles. The Labute approximate surface area is 255 Å². The van der Waals surface area contributed by atoms with E-state index in [1.54, 1.807) is 11.3 Å². The second-order valence-corrected chi connectivity index (χ2v) is 14.9. The Morgan fingerprint density at radius 3 is 2.71 bits per heavy atom. The zero-order valence-corrected chi connectivity index (χ0v) is 26.8. The van der Waals surface area contributed by atoms with Crippen molar-refractivity contribution in [3.8, 4) is 26.8 Å². The normalized spacial score (nSPS) is 18.1. The van der Waals surface area contributed by atoms with Crippen LogP contribution < -0.4 is 9.46 Å². The summed E-state index contributed by atoms with van der Waals surface area (Å²) < 4.78 is 35.1. The van der Waals surface area contributed by atoms with Gasteiger partial charge in [-0.05, 0) is 92.8 Å². The lowest BCUT2D eigenvalue weighted by molar-refractivity contribution is 0.0855. The first-order valence-electron chi connectivity index (χ1n) is 15.5. The zero-order chi connectivity index (χ0) is 29.7. The molecular formula is C33H45N3O4S2. The van der Waals surface area contributed by atoms with Gasteiger partial charge in [-0.2, -0.15) is 0 Å². The van der Waals surface area contributed by atoms with Gasteiger partial charge in [0.2, 0.25) is 10.0 Å². The summed E-state index contributed by atoms with van der Waals surface area (Å²) in [4.78, 5) is 8.05. The summed E-state index contributed by atoms with van der Waals surface area (Å²) in [5, 5.41) is 10.7. The van der Waals surface area contributed by atoms with E-state index in [2.05, 4.69) is 60.7 Å². The first-order valence-corrected chi connectivity index (χ1v) is 18.0. The third-order valence-electron chi connectivity index (χ3n) is 8.32. The number of nitrogens with one attached hydrogen (secondary N) is 1. The van der Waals surface area contributed by atoms with Crippen LogP contribution in [0.4, 0.5) is 0 Å². The highest BCUT2D eigenvalue weighted by Gasteiger charge is 2.29. The van der Waals surface area contributed by atoms with Gasteiger partial charge in [-0.1, -0.05) is 38.0 Å². The lowest BCUT2D eigenvalue weighted by Crippen LogP contribution is -2.40. The van der Waals surface area contributed by atoms with Gasteiger partial charge < -0.3 is 14.7 Å². The predicted octanol–water partition coefficient (Wildman–Crippen LogP) is 6.36. The van der Waals surface area contributed by atoms with E-state index in [-0.39, 0.29) is 24.0 Å². The van der Waals surface area contributed by atoms with Crippen molar-refractivity contribution in [3.05, 3.63) is 59.3 Å². The summed E-state index contributed by atoms with van der Waals surface area (Å²) in [5.41, 5.74) is 5.77. The second-order valence-electron chi connectivity index (χ2n) is 12.0. The van der Waals surface area contributed by atoms with Crippen LogP contribution in [0.5, 0.6) is 5.75 Å². The molecule has 7 nitrogen and oxygen atoms in total. The number of aliphatic hydroxyl groups excluding tert-OH is 1. The van der Waals surface area contributed by atoms with Crippen molar-refractivity contribution in [2.24, 2.45) is 0 Å². The molecule has 2 aromatic carbocycles. The number of piperidine rings is 1. The fourth-order valence-electron chi connectivity index (χ4n) is 6.05. The van der Waals surface area contributed by atoms with E-state index in [0.29, 0.717) is 19.4 Å². The van der Waals surface area contributed by atoms with E-state index in [4.69, 9.17) is 9.72 Å². The molecule has 1 aliphatic heterocycles. The highest BCUT2D eigenvalue weighted by molar-refractivity contribution is 7.89. The minimum atomic E-state index is -3.43. The number of sulfonamides is 1.